The van der Waals surface area contributed by atoms with E-state index >= 15 is 0 Å². The Balaban J connectivity index is 1.95. The molecule has 0 fully saturated rings. The minimum Gasteiger partial charge on any atom is -0.372 e. The number of rotatable bonds is 5. The lowest BCUT2D eigenvalue weighted by Crippen LogP contribution is -2.12. The van der Waals surface area contributed by atoms with Gasteiger partial charge in [0.15, 0.2) is 0 Å². The van der Waals surface area contributed by atoms with Crippen LogP contribution in [0.15, 0.2) is 23.2 Å². The van der Waals surface area contributed by atoms with Crippen LogP contribution in [-0.4, -0.2) is 38.6 Å². The Morgan fingerprint density at radius 3 is 2.88 bits per heavy atom. The predicted molar refractivity (Wildman–Crippen MR) is 67.8 cm³/mol. The van der Waals surface area contributed by atoms with Gasteiger partial charge in [-0.2, -0.15) is 0 Å². The van der Waals surface area contributed by atoms with Crippen LogP contribution in [0.5, 0.6) is 0 Å². The molecule has 0 saturated carbocycles. The van der Waals surface area contributed by atoms with E-state index in [9.17, 15) is 0 Å². The first-order valence-corrected chi connectivity index (χ1v) is 5.87. The van der Waals surface area contributed by atoms with Crippen molar-refractivity contribution in [1.82, 2.24) is 25.0 Å². The van der Waals surface area contributed by atoms with Crippen molar-refractivity contribution in [3.05, 3.63) is 23.2 Å². The Hall–Kier alpha value is -1.70. The average Bonchev–Trinajstić information content (AvgIpc) is 2.84. The second-order valence-corrected chi connectivity index (χ2v) is 4.02. The number of nitrogens with zero attached hydrogens (tertiary/aromatic N) is 5. The quantitative estimate of drug-likeness (QED) is 0.856. The van der Waals surface area contributed by atoms with Gasteiger partial charge >= 0.3 is 0 Å². The molecule has 0 aromatic carbocycles. The molecule has 2 rings (SSSR count). The highest BCUT2D eigenvalue weighted by atomic mass is 79.9. The summed E-state index contributed by atoms with van der Waals surface area (Å²) >= 11 is 3.44. The van der Waals surface area contributed by atoms with Crippen LogP contribution in [0.4, 0.5) is 11.6 Å². The Morgan fingerprint density at radius 2 is 2.18 bits per heavy atom. The van der Waals surface area contributed by atoms with Gasteiger partial charge in [0.25, 0.3) is 0 Å². The fourth-order valence-corrected chi connectivity index (χ4v) is 1.85. The minimum atomic E-state index is 0.710. The van der Waals surface area contributed by atoms with Crippen LogP contribution in [0.1, 0.15) is 0 Å². The van der Waals surface area contributed by atoms with Gasteiger partial charge in [-0.1, -0.05) is 5.21 Å². The fourth-order valence-electron chi connectivity index (χ4n) is 1.31. The summed E-state index contributed by atoms with van der Waals surface area (Å²) in [5.41, 5.74) is 0. The fraction of sp³-hybridized carbons (Fsp3) is 0.333. The third kappa shape index (κ3) is 2.90. The van der Waals surface area contributed by atoms with Gasteiger partial charge in [0.1, 0.15) is 22.4 Å². The summed E-state index contributed by atoms with van der Waals surface area (Å²) in [7, 11) is 1.81. The van der Waals surface area contributed by atoms with Crippen molar-refractivity contribution in [2.75, 3.05) is 24.2 Å². The summed E-state index contributed by atoms with van der Waals surface area (Å²) < 4.78 is 2.57. The van der Waals surface area contributed by atoms with Crippen LogP contribution in [-0.2, 0) is 6.54 Å². The third-order valence-electron chi connectivity index (χ3n) is 2.13. The van der Waals surface area contributed by atoms with Gasteiger partial charge in [-0.05, 0) is 15.9 Å². The molecule has 0 radical (unpaired) electrons. The Labute approximate surface area is 107 Å². The second kappa shape index (κ2) is 5.58. The minimum absolute atomic E-state index is 0.710. The van der Waals surface area contributed by atoms with Gasteiger partial charge in [0, 0.05) is 19.8 Å². The summed E-state index contributed by atoms with van der Waals surface area (Å²) in [5, 5.41) is 13.8. The molecule has 0 bridgehead atoms. The lowest BCUT2D eigenvalue weighted by Gasteiger charge is -2.09. The predicted octanol–water partition coefficient (Wildman–Crippen LogP) is 0.984. The van der Waals surface area contributed by atoms with Gasteiger partial charge in [0.05, 0.1) is 12.7 Å². The van der Waals surface area contributed by atoms with Crippen molar-refractivity contribution >= 4 is 27.6 Å². The summed E-state index contributed by atoms with van der Waals surface area (Å²) in [6, 6.07) is 0. The first-order valence-electron chi connectivity index (χ1n) is 5.07. The molecule has 17 heavy (non-hydrogen) atoms. The number of hydrogen-bond donors (Lipinski definition) is 2. The number of aromatic nitrogens is 5. The summed E-state index contributed by atoms with van der Waals surface area (Å²) in [6.45, 7) is 1.44. The molecule has 7 nitrogen and oxygen atoms in total. The van der Waals surface area contributed by atoms with Gasteiger partial charge in [0.2, 0.25) is 0 Å². The lowest BCUT2D eigenvalue weighted by atomic mass is 10.5. The van der Waals surface area contributed by atoms with Gasteiger partial charge in [-0.15, -0.1) is 5.10 Å². The molecule has 0 spiro atoms. The van der Waals surface area contributed by atoms with Crippen molar-refractivity contribution < 1.29 is 0 Å². The molecule has 0 aliphatic carbocycles. The molecular formula is C9H12BrN7. The summed E-state index contributed by atoms with van der Waals surface area (Å²) in [6.07, 6.45) is 4.98. The van der Waals surface area contributed by atoms with E-state index in [2.05, 4.69) is 46.8 Å². The van der Waals surface area contributed by atoms with E-state index in [1.54, 1.807) is 10.9 Å². The number of hydrogen-bond acceptors (Lipinski definition) is 6. The van der Waals surface area contributed by atoms with Gasteiger partial charge in [-0.25, -0.2) is 9.97 Å². The smallest absolute Gasteiger partial charge is 0.146 e. The standard InChI is InChI=1S/C9H12BrN7/c1-11-8-7(10)9(14-6-13-8)12-2-4-17-5-3-15-16-17/h3,5-6H,2,4H2,1H3,(H2,11,12,13,14). The van der Waals surface area contributed by atoms with Crippen LogP contribution < -0.4 is 10.6 Å². The molecule has 0 saturated heterocycles. The second-order valence-electron chi connectivity index (χ2n) is 3.23. The highest BCUT2D eigenvalue weighted by molar-refractivity contribution is 9.10. The van der Waals surface area contributed by atoms with Crippen molar-refractivity contribution in [1.29, 1.82) is 0 Å². The van der Waals surface area contributed by atoms with Crippen LogP contribution in [0.25, 0.3) is 0 Å². The Kier molecular flexibility index (Phi) is 3.86. The summed E-state index contributed by atoms with van der Waals surface area (Å²) in [4.78, 5) is 8.23. The van der Waals surface area contributed by atoms with Crippen molar-refractivity contribution in [2.24, 2.45) is 0 Å². The molecule has 2 heterocycles. The van der Waals surface area contributed by atoms with Crippen molar-refractivity contribution in [3.8, 4) is 0 Å². The molecule has 90 valence electrons. The Morgan fingerprint density at radius 1 is 1.35 bits per heavy atom. The zero-order valence-corrected chi connectivity index (χ0v) is 10.8. The topological polar surface area (TPSA) is 80.5 Å². The van der Waals surface area contributed by atoms with E-state index in [4.69, 9.17) is 0 Å². The third-order valence-corrected chi connectivity index (χ3v) is 2.88. The average molecular weight is 298 g/mol. The molecule has 2 N–H and O–H groups in total. The maximum atomic E-state index is 4.15. The molecular weight excluding hydrogens is 286 g/mol. The summed E-state index contributed by atoms with van der Waals surface area (Å²) in [5.74, 6) is 1.51. The molecule has 0 unspecified atom stereocenters. The Bertz CT molecular complexity index is 470. The van der Waals surface area contributed by atoms with Gasteiger partial charge < -0.3 is 10.6 Å². The van der Waals surface area contributed by atoms with E-state index in [-0.39, 0.29) is 0 Å². The number of nitrogens with one attached hydrogen (secondary N) is 2. The number of anilines is 2. The molecule has 8 heteroatoms. The maximum absolute atomic E-state index is 4.15. The monoisotopic (exact) mass is 297 g/mol. The lowest BCUT2D eigenvalue weighted by molar-refractivity contribution is 0.608. The van der Waals surface area contributed by atoms with Crippen LogP contribution in [0, 0.1) is 0 Å². The zero-order chi connectivity index (χ0) is 12.1. The highest BCUT2D eigenvalue weighted by Crippen LogP contribution is 2.25. The zero-order valence-electron chi connectivity index (χ0n) is 9.26. The molecule has 2 aromatic rings. The van der Waals surface area contributed by atoms with Crippen LogP contribution >= 0.6 is 15.9 Å². The maximum Gasteiger partial charge on any atom is 0.146 e. The van der Waals surface area contributed by atoms with Gasteiger partial charge in [-0.3, -0.25) is 4.68 Å². The molecule has 0 amide bonds. The van der Waals surface area contributed by atoms with Crippen molar-refractivity contribution in [2.45, 2.75) is 6.54 Å². The van der Waals surface area contributed by atoms with E-state index < -0.39 is 0 Å². The SMILES string of the molecule is CNc1ncnc(NCCn2ccnn2)c1Br. The molecule has 0 atom stereocenters. The first kappa shape index (κ1) is 11.8. The first-order chi connectivity index (χ1) is 8.31. The van der Waals surface area contributed by atoms with Crippen LogP contribution in [0.2, 0.25) is 0 Å². The molecule has 0 aliphatic rings. The largest absolute Gasteiger partial charge is 0.372 e. The van der Waals surface area contributed by atoms with Crippen molar-refractivity contribution in [3.63, 3.8) is 0 Å². The van der Waals surface area contributed by atoms with Crippen LogP contribution in [0.3, 0.4) is 0 Å². The van der Waals surface area contributed by atoms with E-state index in [0.717, 1.165) is 22.7 Å². The molecule has 0 aliphatic heterocycles. The normalized spacial score (nSPS) is 10.2. The van der Waals surface area contributed by atoms with E-state index in [1.165, 1.54) is 6.33 Å². The number of halogens is 1. The van der Waals surface area contributed by atoms with E-state index in [1.807, 2.05) is 13.2 Å². The molecule has 2 aromatic heterocycles. The highest BCUT2D eigenvalue weighted by Gasteiger charge is 2.06. The van der Waals surface area contributed by atoms with E-state index in [0.29, 0.717) is 6.54 Å².